The Bertz CT molecular complexity index is 1320. The van der Waals surface area contributed by atoms with Crippen molar-refractivity contribution in [1.82, 2.24) is 19.6 Å². The van der Waals surface area contributed by atoms with Crippen LogP contribution in [0.15, 0.2) is 30.5 Å². The van der Waals surface area contributed by atoms with Crippen LogP contribution in [0.25, 0.3) is 22.7 Å². The molecular weight excluding hydrogens is 497 g/mol. The van der Waals surface area contributed by atoms with Gasteiger partial charge in [-0.2, -0.15) is 28.6 Å². The summed E-state index contributed by atoms with van der Waals surface area (Å²) in [5.74, 6) is -3.66. The number of rotatable bonds is 7. The van der Waals surface area contributed by atoms with Crippen LogP contribution in [0.2, 0.25) is 5.15 Å². The van der Waals surface area contributed by atoms with Crippen molar-refractivity contribution in [3.8, 4) is 17.3 Å². The van der Waals surface area contributed by atoms with Gasteiger partial charge in [-0.1, -0.05) is 31.0 Å². The average molecular weight is 514 g/mol. The van der Waals surface area contributed by atoms with Crippen molar-refractivity contribution < 1.29 is 31.5 Å². The Balaban J connectivity index is 2.26. The fraction of sp³-hybridized carbons (Fsp3) is 0.273. The molecule has 35 heavy (non-hydrogen) atoms. The van der Waals surface area contributed by atoms with Gasteiger partial charge in [0.2, 0.25) is 0 Å². The van der Waals surface area contributed by atoms with E-state index < -0.39 is 57.2 Å². The average Bonchev–Trinajstić information content (AvgIpc) is 3.37. The molecule has 2 heterocycles. The lowest BCUT2D eigenvalue weighted by Gasteiger charge is -2.13. The van der Waals surface area contributed by atoms with Gasteiger partial charge in [-0.25, -0.2) is 13.5 Å². The molecule has 2 aromatic heterocycles. The molecule has 3 rings (SSSR count). The number of allylic oxidation sites excluding steroid dienone is 1. The molecule has 0 aliphatic carbocycles. The number of ether oxygens (including phenoxy) is 1. The molecule has 0 saturated heterocycles. The zero-order valence-corrected chi connectivity index (χ0v) is 19.1. The van der Waals surface area contributed by atoms with Gasteiger partial charge in [-0.15, -0.1) is 0 Å². The Kier molecular flexibility index (Phi) is 7.60. The summed E-state index contributed by atoms with van der Waals surface area (Å²) in [6.45, 7) is 1.79. The van der Waals surface area contributed by atoms with Crippen LogP contribution in [0, 0.1) is 23.0 Å². The monoisotopic (exact) mass is 513 g/mol. The van der Waals surface area contributed by atoms with Crippen LogP contribution in [0.4, 0.5) is 22.0 Å². The maximum Gasteiger partial charge on any atom is 0.435 e. The largest absolute Gasteiger partial charge is 0.435 e. The second-order valence-corrected chi connectivity index (χ2v) is 7.60. The molecule has 0 radical (unpaired) electrons. The summed E-state index contributed by atoms with van der Waals surface area (Å²) >= 11 is 6.07. The van der Waals surface area contributed by atoms with Crippen LogP contribution in [-0.4, -0.2) is 25.5 Å². The van der Waals surface area contributed by atoms with E-state index in [1.54, 1.807) is 13.0 Å². The number of carbonyl (C=O) groups excluding carboxylic acids is 1. The lowest BCUT2D eigenvalue weighted by Crippen LogP contribution is -2.14. The molecule has 0 N–H and O–H groups in total. The van der Waals surface area contributed by atoms with E-state index in [9.17, 15) is 32.0 Å². The molecule has 0 aliphatic rings. The minimum atomic E-state index is -5.02. The number of nitriles is 1. The highest BCUT2D eigenvalue weighted by Gasteiger charge is 2.42. The summed E-state index contributed by atoms with van der Waals surface area (Å²) in [5.41, 5.74) is -3.79. The van der Waals surface area contributed by atoms with Crippen LogP contribution < -0.4 is 0 Å². The van der Waals surface area contributed by atoms with Crippen molar-refractivity contribution >= 4 is 29.0 Å². The van der Waals surface area contributed by atoms with E-state index in [1.165, 1.54) is 0 Å². The summed E-state index contributed by atoms with van der Waals surface area (Å²) in [6.07, 6.45) is -3.12. The predicted octanol–water partition coefficient (Wildman–Crippen LogP) is 5.82. The molecule has 0 saturated carbocycles. The van der Waals surface area contributed by atoms with Gasteiger partial charge < -0.3 is 4.74 Å². The van der Waals surface area contributed by atoms with Crippen molar-refractivity contribution in [3.05, 3.63) is 58.5 Å². The topological polar surface area (TPSA) is 85.7 Å². The molecule has 3 aromatic rings. The first-order valence-electron chi connectivity index (χ1n) is 10.1. The first-order chi connectivity index (χ1) is 16.5. The van der Waals surface area contributed by atoms with E-state index in [-0.39, 0.29) is 12.1 Å². The quantitative estimate of drug-likeness (QED) is 0.172. The number of halogens is 6. The summed E-state index contributed by atoms with van der Waals surface area (Å²) in [6, 6.07) is 5.91. The van der Waals surface area contributed by atoms with Crippen molar-refractivity contribution in [1.29, 1.82) is 5.26 Å². The van der Waals surface area contributed by atoms with Gasteiger partial charge in [0, 0.05) is 19.7 Å². The number of unbranched alkanes of at least 4 members (excludes halogenated alkanes) is 1. The van der Waals surface area contributed by atoms with E-state index in [0.29, 0.717) is 17.5 Å². The SMILES string of the molecule is CCCCC(=O)O/C(=C(/C#N)n1ccc(-c2c(F)cccc2F)n1)c1c(C(F)(F)F)nn(C)c1Cl. The maximum absolute atomic E-state index is 14.2. The van der Waals surface area contributed by atoms with E-state index in [0.717, 1.165) is 42.2 Å². The molecule has 0 spiro atoms. The second-order valence-electron chi connectivity index (χ2n) is 7.25. The van der Waals surface area contributed by atoms with E-state index >= 15 is 0 Å². The first-order valence-corrected chi connectivity index (χ1v) is 10.5. The summed E-state index contributed by atoms with van der Waals surface area (Å²) in [5, 5.41) is 16.5. The number of hydrogen-bond acceptors (Lipinski definition) is 5. The highest BCUT2D eigenvalue weighted by Crippen LogP contribution is 2.40. The Morgan fingerprint density at radius 1 is 1.20 bits per heavy atom. The number of nitrogens with zero attached hydrogens (tertiary/aromatic N) is 5. The predicted molar refractivity (Wildman–Crippen MR) is 115 cm³/mol. The van der Waals surface area contributed by atoms with Gasteiger partial charge >= 0.3 is 12.1 Å². The lowest BCUT2D eigenvalue weighted by molar-refractivity contribution is -0.143. The van der Waals surface area contributed by atoms with Crippen molar-refractivity contribution in [3.63, 3.8) is 0 Å². The van der Waals surface area contributed by atoms with Gasteiger partial charge in [0.25, 0.3) is 0 Å². The maximum atomic E-state index is 14.2. The minimum Gasteiger partial charge on any atom is -0.423 e. The fourth-order valence-electron chi connectivity index (χ4n) is 3.14. The molecule has 1 aromatic carbocycles. The number of esters is 1. The number of carbonyl (C=O) groups is 1. The molecule has 0 bridgehead atoms. The Labute approximate surface area is 201 Å². The number of benzene rings is 1. The number of aryl methyl sites for hydroxylation is 1. The highest BCUT2D eigenvalue weighted by molar-refractivity contribution is 6.31. The van der Waals surface area contributed by atoms with Gasteiger partial charge in [-0.05, 0) is 24.6 Å². The van der Waals surface area contributed by atoms with Gasteiger partial charge in [0.1, 0.15) is 22.9 Å². The first kappa shape index (κ1) is 25.9. The molecule has 7 nitrogen and oxygen atoms in total. The van der Waals surface area contributed by atoms with E-state index in [1.807, 2.05) is 0 Å². The van der Waals surface area contributed by atoms with Gasteiger partial charge in [0.15, 0.2) is 17.2 Å². The molecule has 0 amide bonds. The van der Waals surface area contributed by atoms with Crippen molar-refractivity contribution in [2.75, 3.05) is 0 Å². The zero-order valence-electron chi connectivity index (χ0n) is 18.3. The van der Waals surface area contributed by atoms with Crippen LogP contribution >= 0.6 is 11.6 Å². The molecule has 0 unspecified atom stereocenters. The molecular formula is C22H17ClF5N5O2. The van der Waals surface area contributed by atoms with Crippen LogP contribution in [0.1, 0.15) is 37.4 Å². The summed E-state index contributed by atoms with van der Waals surface area (Å²) in [4.78, 5) is 12.4. The van der Waals surface area contributed by atoms with Crippen LogP contribution in [0.3, 0.4) is 0 Å². The highest BCUT2D eigenvalue weighted by atomic mass is 35.5. The third kappa shape index (κ3) is 5.35. The van der Waals surface area contributed by atoms with Crippen molar-refractivity contribution in [2.45, 2.75) is 32.4 Å². The fourth-order valence-corrected chi connectivity index (χ4v) is 3.35. The van der Waals surface area contributed by atoms with Crippen LogP contribution in [0.5, 0.6) is 0 Å². The van der Waals surface area contributed by atoms with E-state index in [4.69, 9.17) is 16.3 Å². The minimum absolute atomic E-state index is 0.150. The van der Waals surface area contributed by atoms with Gasteiger partial charge in [-0.3, -0.25) is 9.48 Å². The molecule has 0 aliphatic heterocycles. The normalized spacial score (nSPS) is 12.3. The molecule has 184 valence electrons. The third-order valence-electron chi connectivity index (χ3n) is 4.78. The number of alkyl halides is 3. The Morgan fingerprint density at radius 3 is 2.43 bits per heavy atom. The summed E-state index contributed by atoms with van der Waals surface area (Å²) in [7, 11) is 1.14. The third-order valence-corrected chi connectivity index (χ3v) is 5.21. The number of hydrogen-bond donors (Lipinski definition) is 0. The van der Waals surface area contributed by atoms with Crippen molar-refractivity contribution in [2.24, 2.45) is 7.05 Å². The van der Waals surface area contributed by atoms with Gasteiger partial charge in [0.05, 0.1) is 16.8 Å². The summed E-state index contributed by atoms with van der Waals surface area (Å²) < 4.78 is 76.3. The molecule has 0 atom stereocenters. The Hall–Kier alpha value is -3.72. The second kappa shape index (κ2) is 10.3. The Morgan fingerprint density at radius 2 is 1.86 bits per heavy atom. The lowest BCUT2D eigenvalue weighted by atomic mass is 10.1. The smallest absolute Gasteiger partial charge is 0.423 e. The standard InChI is InChI=1S/C22H17ClF5N5O2/c1-3-4-8-16(34)35-19(18-20(22(26,27)28)31-32(2)21(18)23)15(11-29)33-10-9-14(30-33)17-12(24)6-5-7-13(17)25/h5-7,9-10H,3-4,8H2,1-2H3/b19-15-. The van der Waals surface area contributed by atoms with E-state index in [2.05, 4.69) is 10.2 Å². The number of aromatic nitrogens is 4. The zero-order chi connectivity index (χ0) is 25.9. The molecule has 0 fully saturated rings. The molecule has 13 heteroatoms. The van der Waals surface area contributed by atoms with Crippen LogP contribution in [-0.2, 0) is 22.8 Å².